The van der Waals surface area contributed by atoms with Gasteiger partial charge >= 0.3 is 0 Å². The van der Waals surface area contributed by atoms with Crippen LogP contribution in [0.25, 0.3) is 0 Å². The predicted molar refractivity (Wildman–Crippen MR) is 84.1 cm³/mol. The summed E-state index contributed by atoms with van der Waals surface area (Å²) < 4.78 is 11.8. The van der Waals surface area contributed by atoms with E-state index in [-0.39, 0.29) is 0 Å². The Morgan fingerprint density at radius 3 is 2.24 bits per heavy atom. The van der Waals surface area contributed by atoms with Gasteiger partial charge in [0.2, 0.25) is 0 Å². The lowest BCUT2D eigenvalue weighted by Crippen LogP contribution is -2.25. The Labute approximate surface area is 126 Å². The van der Waals surface area contributed by atoms with Gasteiger partial charge in [0, 0.05) is 6.54 Å². The van der Waals surface area contributed by atoms with E-state index in [1.165, 1.54) is 25.9 Å². The van der Waals surface area contributed by atoms with Crippen molar-refractivity contribution in [2.45, 2.75) is 12.8 Å². The molecule has 21 heavy (non-hydrogen) atoms. The van der Waals surface area contributed by atoms with E-state index in [0.717, 1.165) is 23.8 Å². The second kappa shape index (κ2) is 7.14. The number of nitrogens with zero attached hydrogens (tertiary/aromatic N) is 1. The minimum Gasteiger partial charge on any atom is -0.488 e. The molecule has 110 valence electrons. The highest BCUT2D eigenvalue weighted by Gasteiger charge is 2.11. The molecule has 1 aliphatic rings. The number of ether oxygens (including phenoxy) is 2. The molecule has 0 radical (unpaired) electrons. The molecule has 0 N–H and O–H groups in total. The number of para-hydroxylation sites is 3. The number of hydrogen-bond donors (Lipinski definition) is 0. The van der Waals surface area contributed by atoms with Crippen LogP contribution < -0.4 is 9.47 Å². The zero-order chi connectivity index (χ0) is 14.3. The van der Waals surface area contributed by atoms with E-state index in [4.69, 9.17) is 9.47 Å². The van der Waals surface area contributed by atoms with E-state index in [1.807, 2.05) is 54.6 Å². The van der Waals surface area contributed by atoms with Crippen LogP contribution in [0.5, 0.6) is 17.2 Å². The molecule has 1 fully saturated rings. The van der Waals surface area contributed by atoms with Crippen molar-refractivity contribution < 1.29 is 9.47 Å². The molecule has 3 nitrogen and oxygen atoms in total. The van der Waals surface area contributed by atoms with E-state index in [1.54, 1.807) is 0 Å². The maximum Gasteiger partial charge on any atom is 0.169 e. The first kappa shape index (κ1) is 14.0. The number of likely N-dealkylation sites (tertiary alicyclic amines) is 1. The number of benzene rings is 2. The molecule has 0 aliphatic carbocycles. The molecule has 0 atom stereocenters. The van der Waals surface area contributed by atoms with Gasteiger partial charge in [-0.15, -0.1) is 0 Å². The molecular weight excluding hydrogens is 262 g/mol. The van der Waals surface area contributed by atoms with Crippen LogP contribution in [0.1, 0.15) is 12.8 Å². The molecule has 1 aliphatic heterocycles. The quantitative estimate of drug-likeness (QED) is 0.801. The normalized spacial score (nSPS) is 15.0. The molecule has 0 spiro atoms. The Morgan fingerprint density at radius 1 is 0.810 bits per heavy atom. The lowest BCUT2D eigenvalue weighted by molar-refractivity contribution is 0.232. The van der Waals surface area contributed by atoms with Crippen LogP contribution in [0.3, 0.4) is 0 Å². The molecule has 2 aromatic rings. The second-order valence-electron chi connectivity index (χ2n) is 5.26. The van der Waals surface area contributed by atoms with Crippen LogP contribution >= 0.6 is 0 Å². The zero-order valence-electron chi connectivity index (χ0n) is 12.2. The molecule has 0 saturated carbocycles. The van der Waals surface area contributed by atoms with Crippen molar-refractivity contribution >= 4 is 0 Å². The first-order chi connectivity index (χ1) is 10.4. The molecule has 0 aromatic heterocycles. The Hall–Kier alpha value is -2.00. The van der Waals surface area contributed by atoms with E-state index in [2.05, 4.69) is 4.90 Å². The maximum absolute atomic E-state index is 5.90. The molecule has 1 saturated heterocycles. The van der Waals surface area contributed by atoms with Crippen molar-refractivity contribution in [1.82, 2.24) is 4.90 Å². The van der Waals surface area contributed by atoms with Crippen molar-refractivity contribution in [3.63, 3.8) is 0 Å². The summed E-state index contributed by atoms with van der Waals surface area (Å²) in [5, 5.41) is 0. The van der Waals surface area contributed by atoms with Gasteiger partial charge in [-0.25, -0.2) is 0 Å². The van der Waals surface area contributed by atoms with E-state index in [0.29, 0.717) is 6.61 Å². The average Bonchev–Trinajstić information content (AvgIpc) is 3.03. The number of rotatable bonds is 6. The SMILES string of the molecule is c1ccc(Oc2ccccc2OCCN2CCCC2)cc1. The molecule has 0 unspecified atom stereocenters. The molecule has 3 rings (SSSR count). The van der Waals surface area contributed by atoms with Gasteiger partial charge in [0.15, 0.2) is 11.5 Å². The van der Waals surface area contributed by atoms with Gasteiger partial charge in [0.25, 0.3) is 0 Å². The monoisotopic (exact) mass is 283 g/mol. The summed E-state index contributed by atoms with van der Waals surface area (Å²) in [5.74, 6) is 2.40. The molecule has 2 aromatic carbocycles. The summed E-state index contributed by atoms with van der Waals surface area (Å²) in [7, 11) is 0. The van der Waals surface area contributed by atoms with Crippen LogP contribution in [0.15, 0.2) is 54.6 Å². The largest absolute Gasteiger partial charge is 0.488 e. The molecule has 3 heteroatoms. The lowest BCUT2D eigenvalue weighted by Gasteiger charge is -2.16. The number of hydrogen-bond acceptors (Lipinski definition) is 3. The fourth-order valence-electron chi connectivity index (χ4n) is 2.56. The Kier molecular flexibility index (Phi) is 4.74. The minimum absolute atomic E-state index is 0.704. The van der Waals surface area contributed by atoms with Crippen molar-refractivity contribution in [1.29, 1.82) is 0 Å². The average molecular weight is 283 g/mol. The van der Waals surface area contributed by atoms with Gasteiger partial charge in [-0.1, -0.05) is 30.3 Å². The standard InChI is InChI=1S/C18H21NO2/c1-2-8-16(9-3-1)21-18-11-5-4-10-17(18)20-15-14-19-12-6-7-13-19/h1-5,8-11H,6-7,12-15H2. The topological polar surface area (TPSA) is 21.7 Å². The molecule has 0 amide bonds. The summed E-state index contributed by atoms with van der Waals surface area (Å²) >= 11 is 0. The van der Waals surface area contributed by atoms with E-state index in [9.17, 15) is 0 Å². The molecular formula is C18H21NO2. The summed E-state index contributed by atoms with van der Waals surface area (Å²) in [6.07, 6.45) is 2.63. The van der Waals surface area contributed by atoms with Crippen molar-refractivity contribution in [2.75, 3.05) is 26.2 Å². The van der Waals surface area contributed by atoms with Crippen LogP contribution in [0, 0.1) is 0 Å². The molecule has 1 heterocycles. The smallest absolute Gasteiger partial charge is 0.169 e. The van der Waals surface area contributed by atoms with E-state index < -0.39 is 0 Å². The molecule has 0 bridgehead atoms. The minimum atomic E-state index is 0.704. The fraction of sp³-hybridized carbons (Fsp3) is 0.333. The Bertz CT molecular complexity index is 550. The highest BCUT2D eigenvalue weighted by atomic mass is 16.5. The van der Waals surface area contributed by atoms with Gasteiger partial charge < -0.3 is 9.47 Å². The third-order valence-electron chi connectivity index (χ3n) is 3.68. The van der Waals surface area contributed by atoms with Gasteiger partial charge in [0.1, 0.15) is 12.4 Å². The summed E-state index contributed by atoms with van der Waals surface area (Å²) in [6, 6.07) is 17.6. The van der Waals surface area contributed by atoms with Crippen LogP contribution in [-0.4, -0.2) is 31.1 Å². The van der Waals surface area contributed by atoms with E-state index >= 15 is 0 Å². The summed E-state index contributed by atoms with van der Waals surface area (Å²) in [5.41, 5.74) is 0. The third kappa shape index (κ3) is 3.99. The van der Waals surface area contributed by atoms with Crippen molar-refractivity contribution in [3.8, 4) is 17.2 Å². The van der Waals surface area contributed by atoms with Gasteiger partial charge in [-0.3, -0.25) is 4.90 Å². The highest BCUT2D eigenvalue weighted by molar-refractivity contribution is 5.42. The van der Waals surface area contributed by atoms with Crippen molar-refractivity contribution in [3.05, 3.63) is 54.6 Å². The highest BCUT2D eigenvalue weighted by Crippen LogP contribution is 2.31. The Balaban J connectivity index is 1.59. The summed E-state index contributed by atoms with van der Waals surface area (Å²) in [4.78, 5) is 2.45. The van der Waals surface area contributed by atoms with Crippen molar-refractivity contribution in [2.24, 2.45) is 0 Å². The third-order valence-corrected chi connectivity index (χ3v) is 3.68. The van der Waals surface area contributed by atoms with Crippen LogP contribution in [0.4, 0.5) is 0 Å². The van der Waals surface area contributed by atoms with Gasteiger partial charge in [-0.2, -0.15) is 0 Å². The fourth-order valence-corrected chi connectivity index (χ4v) is 2.56. The predicted octanol–water partition coefficient (Wildman–Crippen LogP) is 3.95. The van der Waals surface area contributed by atoms with Crippen LogP contribution in [-0.2, 0) is 0 Å². The zero-order valence-corrected chi connectivity index (χ0v) is 12.2. The second-order valence-corrected chi connectivity index (χ2v) is 5.26. The first-order valence-electron chi connectivity index (χ1n) is 7.59. The Morgan fingerprint density at radius 2 is 1.48 bits per heavy atom. The summed E-state index contributed by atoms with van der Waals surface area (Å²) in [6.45, 7) is 4.09. The van der Waals surface area contributed by atoms with Gasteiger partial charge in [0.05, 0.1) is 0 Å². The van der Waals surface area contributed by atoms with Gasteiger partial charge in [-0.05, 0) is 50.2 Å². The lowest BCUT2D eigenvalue weighted by atomic mass is 10.3. The first-order valence-corrected chi connectivity index (χ1v) is 7.59. The maximum atomic E-state index is 5.90. The van der Waals surface area contributed by atoms with Crippen LogP contribution in [0.2, 0.25) is 0 Å².